The van der Waals surface area contributed by atoms with E-state index < -0.39 is 6.04 Å². The topological polar surface area (TPSA) is 92.6 Å². The number of pyridine rings is 2. The van der Waals surface area contributed by atoms with Gasteiger partial charge in [-0.05, 0) is 76.0 Å². The van der Waals surface area contributed by atoms with E-state index in [0.717, 1.165) is 54.1 Å². The van der Waals surface area contributed by atoms with Gasteiger partial charge in [0.25, 0.3) is 5.56 Å². The van der Waals surface area contributed by atoms with Crippen LogP contribution in [0.5, 0.6) is 0 Å². The number of tetrazole rings is 1. The summed E-state index contributed by atoms with van der Waals surface area (Å²) in [6.45, 7) is 3.34. The monoisotopic (exact) mass is 519 g/mol. The second-order valence-corrected chi connectivity index (χ2v) is 10.4. The summed E-state index contributed by atoms with van der Waals surface area (Å²) in [6, 6.07) is 22.4. The van der Waals surface area contributed by atoms with Crippen molar-refractivity contribution in [2.45, 2.75) is 64.2 Å². The molecule has 39 heavy (non-hydrogen) atoms. The maximum absolute atomic E-state index is 13.8. The first-order valence-electron chi connectivity index (χ1n) is 13.8. The lowest BCUT2D eigenvalue weighted by molar-refractivity contribution is 0.190. The molecule has 1 N–H and O–H groups in total. The first kappa shape index (κ1) is 25.1. The van der Waals surface area contributed by atoms with Crippen molar-refractivity contribution < 1.29 is 0 Å². The zero-order valence-corrected chi connectivity index (χ0v) is 22.2. The number of nitrogens with one attached hydrogen (secondary N) is 1. The van der Waals surface area contributed by atoms with E-state index in [0.29, 0.717) is 24.5 Å². The fraction of sp³-hybridized carbons (Fsp3) is 0.323. The average Bonchev–Trinajstić information content (AvgIpc) is 3.67. The van der Waals surface area contributed by atoms with E-state index in [1.165, 1.54) is 5.56 Å². The number of H-pyrrole nitrogens is 1. The minimum Gasteiger partial charge on any atom is -0.322 e. The molecule has 3 heterocycles. The normalized spacial score (nSPS) is 14.8. The minimum atomic E-state index is -0.459. The Morgan fingerprint density at radius 2 is 1.77 bits per heavy atom. The molecule has 0 aliphatic heterocycles. The molecule has 1 fully saturated rings. The number of rotatable bonds is 9. The summed E-state index contributed by atoms with van der Waals surface area (Å²) in [5.41, 5.74) is 4.79. The summed E-state index contributed by atoms with van der Waals surface area (Å²) >= 11 is 0. The van der Waals surface area contributed by atoms with Gasteiger partial charge in [-0.25, -0.2) is 4.68 Å². The van der Waals surface area contributed by atoms with Gasteiger partial charge >= 0.3 is 0 Å². The highest BCUT2D eigenvalue weighted by atomic mass is 16.1. The Bertz CT molecular complexity index is 1550. The van der Waals surface area contributed by atoms with Crippen LogP contribution in [0.15, 0.2) is 83.9 Å². The van der Waals surface area contributed by atoms with Crippen molar-refractivity contribution in [3.05, 3.63) is 118 Å². The van der Waals surface area contributed by atoms with Gasteiger partial charge in [-0.1, -0.05) is 62.2 Å². The molecule has 6 rings (SSSR count). The van der Waals surface area contributed by atoms with Gasteiger partial charge in [0, 0.05) is 36.6 Å². The van der Waals surface area contributed by atoms with Gasteiger partial charge in [-0.15, -0.1) is 5.10 Å². The van der Waals surface area contributed by atoms with Crippen molar-refractivity contribution >= 4 is 10.9 Å². The van der Waals surface area contributed by atoms with Crippen LogP contribution >= 0.6 is 0 Å². The molecule has 198 valence electrons. The lowest BCUT2D eigenvalue weighted by Crippen LogP contribution is -2.35. The molecule has 3 aromatic heterocycles. The van der Waals surface area contributed by atoms with E-state index in [-0.39, 0.29) is 11.6 Å². The third-order valence-corrected chi connectivity index (χ3v) is 7.78. The molecule has 0 unspecified atom stereocenters. The van der Waals surface area contributed by atoms with Crippen molar-refractivity contribution in [1.29, 1.82) is 0 Å². The highest BCUT2D eigenvalue weighted by Gasteiger charge is 2.33. The first-order chi connectivity index (χ1) is 19.2. The second kappa shape index (κ2) is 11.3. The van der Waals surface area contributed by atoms with Crippen molar-refractivity contribution in [2.75, 3.05) is 0 Å². The van der Waals surface area contributed by atoms with Crippen molar-refractivity contribution in [2.24, 2.45) is 0 Å². The zero-order valence-electron chi connectivity index (χ0n) is 22.2. The van der Waals surface area contributed by atoms with Gasteiger partial charge in [-0.2, -0.15) is 0 Å². The third-order valence-electron chi connectivity index (χ3n) is 7.78. The predicted molar refractivity (Wildman–Crippen MR) is 151 cm³/mol. The number of benzene rings is 2. The SMILES string of the molecule is CCc1ccc2[nH]c(=O)c([C@@H](c3nnnn3C3CCCC3)N(Cc3ccccc3)Cc3cccnc3)cc2c1. The molecular formula is C31H33N7O. The Hall–Kier alpha value is -4.17. The van der Waals surface area contributed by atoms with Crippen molar-refractivity contribution in [1.82, 2.24) is 35.1 Å². The van der Waals surface area contributed by atoms with Gasteiger partial charge in [0.1, 0.15) is 6.04 Å². The molecule has 0 radical (unpaired) electrons. The number of hydrogen-bond donors (Lipinski definition) is 1. The van der Waals surface area contributed by atoms with Gasteiger partial charge in [-0.3, -0.25) is 14.7 Å². The lowest BCUT2D eigenvalue weighted by atomic mass is 10.00. The molecule has 1 aliphatic carbocycles. The Balaban J connectivity index is 1.54. The lowest BCUT2D eigenvalue weighted by Gasteiger charge is -2.32. The molecule has 0 spiro atoms. The van der Waals surface area contributed by atoms with Crippen molar-refractivity contribution in [3.63, 3.8) is 0 Å². The number of hydrogen-bond acceptors (Lipinski definition) is 6. The van der Waals surface area contributed by atoms with Gasteiger partial charge in [0.05, 0.1) is 6.04 Å². The summed E-state index contributed by atoms with van der Waals surface area (Å²) in [5.74, 6) is 0.707. The molecule has 5 aromatic rings. The predicted octanol–water partition coefficient (Wildman–Crippen LogP) is 5.38. The Morgan fingerprint density at radius 1 is 0.974 bits per heavy atom. The quantitative estimate of drug-likeness (QED) is 0.281. The van der Waals surface area contributed by atoms with Gasteiger partial charge < -0.3 is 4.98 Å². The summed E-state index contributed by atoms with van der Waals surface area (Å²) in [5, 5.41) is 14.2. The van der Waals surface area contributed by atoms with E-state index in [9.17, 15) is 4.79 Å². The number of aromatic nitrogens is 6. The maximum Gasteiger partial charge on any atom is 0.253 e. The van der Waals surface area contributed by atoms with Gasteiger partial charge in [0.2, 0.25) is 0 Å². The standard InChI is InChI=1S/C31H33N7O/c1-2-22-14-15-28-25(17-22)18-27(31(39)33-28)29(30-34-35-36-38(30)26-12-6-7-13-26)37(20-23-9-4-3-5-10-23)21-24-11-8-16-32-19-24/h3-5,8-11,14-19,26,29H,2,6-7,12-13,20-21H2,1H3,(H,33,39)/t29-/m0/s1. The average molecular weight is 520 g/mol. The van der Waals surface area contributed by atoms with Crippen LogP contribution in [0.25, 0.3) is 10.9 Å². The fourth-order valence-electron chi connectivity index (χ4n) is 5.77. The van der Waals surface area contributed by atoms with Crippen LogP contribution in [0.3, 0.4) is 0 Å². The molecule has 1 aliphatic rings. The summed E-state index contributed by atoms with van der Waals surface area (Å²) < 4.78 is 1.98. The van der Waals surface area contributed by atoms with Crippen LogP contribution < -0.4 is 5.56 Å². The highest BCUT2D eigenvalue weighted by molar-refractivity contribution is 5.80. The van der Waals surface area contributed by atoms with Crippen LogP contribution in [0.2, 0.25) is 0 Å². The van der Waals surface area contributed by atoms with Gasteiger partial charge in [0.15, 0.2) is 5.82 Å². The number of nitrogens with zero attached hydrogens (tertiary/aromatic N) is 6. The van der Waals surface area contributed by atoms with Crippen LogP contribution in [0.1, 0.15) is 72.8 Å². The van der Waals surface area contributed by atoms with Crippen molar-refractivity contribution in [3.8, 4) is 0 Å². The fourth-order valence-corrected chi connectivity index (χ4v) is 5.77. The Morgan fingerprint density at radius 3 is 2.54 bits per heavy atom. The molecule has 0 bridgehead atoms. The zero-order chi connectivity index (χ0) is 26.6. The van der Waals surface area contributed by atoms with Crippen LogP contribution in [0, 0.1) is 0 Å². The molecule has 8 heteroatoms. The molecule has 0 saturated heterocycles. The minimum absolute atomic E-state index is 0.123. The molecule has 2 aromatic carbocycles. The summed E-state index contributed by atoms with van der Waals surface area (Å²) in [4.78, 5) is 23.6. The summed E-state index contributed by atoms with van der Waals surface area (Å²) in [7, 11) is 0. The van der Waals surface area contributed by atoms with E-state index in [4.69, 9.17) is 0 Å². The number of aryl methyl sites for hydroxylation is 1. The first-order valence-corrected chi connectivity index (χ1v) is 13.8. The molecule has 1 atom stereocenters. The maximum atomic E-state index is 13.8. The van der Waals surface area contributed by atoms with E-state index >= 15 is 0 Å². The number of fused-ring (bicyclic) bond motifs is 1. The Kier molecular flexibility index (Phi) is 7.27. The van der Waals surface area contributed by atoms with Crippen LogP contribution in [-0.4, -0.2) is 35.1 Å². The smallest absolute Gasteiger partial charge is 0.253 e. The van der Waals surface area contributed by atoms with Crippen LogP contribution in [-0.2, 0) is 19.5 Å². The van der Waals surface area contributed by atoms with Crippen LogP contribution in [0.4, 0.5) is 0 Å². The molecule has 1 saturated carbocycles. The Labute approximate surface area is 227 Å². The summed E-state index contributed by atoms with van der Waals surface area (Å²) in [6.07, 6.45) is 8.99. The van der Waals surface area contributed by atoms with E-state index in [2.05, 4.69) is 67.6 Å². The second-order valence-electron chi connectivity index (χ2n) is 10.4. The third kappa shape index (κ3) is 5.38. The highest BCUT2D eigenvalue weighted by Crippen LogP contribution is 2.35. The molecule has 0 amide bonds. The number of aromatic amines is 1. The largest absolute Gasteiger partial charge is 0.322 e. The molecule has 8 nitrogen and oxygen atoms in total. The van der Waals surface area contributed by atoms with E-state index in [1.54, 1.807) is 6.20 Å². The molecular weight excluding hydrogens is 486 g/mol. The van der Waals surface area contributed by atoms with E-state index in [1.807, 2.05) is 47.3 Å².